The van der Waals surface area contributed by atoms with E-state index in [1.165, 1.54) is 37.5 Å². The van der Waals surface area contributed by atoms with Gasteiger partial charge in [-0.05, 0) is 42.9 Å². The summed E-state index contributed by atoms with van der Waals surface area (Å²) in [4.78, 5) is 26.5. The molecule has 0 radical (unpaired) electrons. The van der Waals surface area contributed by atoms with E-state index in [2.05, 4.69) is 0 Å². The number of sulfone groups is 1. The second-order valence-corrected chi connectivity index (χ2v) is 9.85. The molecule has 1 aromatic carbocycles. The summed E-state index contributed by atoms with van der Waals surface area (Å²) >= 11 is 5.99. The zero-order valence-corrected chi connectivity index (χ0v) is 16.9. The largest absolute Gasteiger partial charge is 0.452 e. The van der Waals surface area contributed by atoms with Crippen LogP contribution in [0.1, 0.15) is 42.5 Å². The molecule has 148 valence electrons. The Bertz CT molecular complexity index is 839. The number of hydrogen-bond donors (Lipinski definition) is 0. The van der Waals surface area contributed by atoms with Gasteiger partial charge in [-0.1, -0.05) is 30.9 Å². The number of carbonyl (C=O) groups excluding carboxylic acids is 2. The summed E-state index contributed by atoms with van der Waals surface area (Å²) < 4.78 is 28.4. The van der Waals surface area contributed by atoms with Crippen molar-refractivity contribution in [3.63, 3.8) is 0 Å². The molecular formula is C19H24ClNO5S. The summed E-state index contributed by atoms with van der Waals surface area (Å²) in [5, 5.41) is 0.0860. The maximum atomic E-state index is 12.4. The second kappa shape index (κ2) is 8.19. The monoisotopic (exact) mass is 413 g/mol. The van der Waals surface area contributed by atoms with Crippen LogP contribution in [0.15, 0.2) is 23.1 Å². The SMILES string of the molecule is CS(=O)(=O)c1ccc(Cl)c(C(=O)OCC(=O)N2CC[C@@H]3CCCC[C@@H]3C2)c1. The molecular weight excluding hydrogens is 390 g/mol. The van der Waals surface area contributed by atoms with Crippen LogP contribution in [0, 0.1) is 11.8 Å². The zero-order valence-electron chi connectivity index (χ0n) is 15.3. The number of esters is 1. The Morgan fingerprint density at radius 2 is 1.89 bits per heavy atom. The molecule has 1 aliphatic carbocycles. The van der Waals surface area contributed by atoms with Crippen LogP contribution in [0.25, 0.3) is 0 Å². The summed E-state index contributed by atoms with van der Waals surface area (Å²) in [6, 6.07) is 3.84. The van der Waals surface area contributed by atoms with Crippen LogP contribution in [0.3, 0.4) is 0 Å². The van der Waals surface area contributed by atoms with E-state index >= 15 is 0 Å². The Balaban J connectivity index is 1.60. The standard InChI is InChI=1S/C19H24ClNO5S/c1-27(24,25)15-6-7-17(20)16(10-15)19(23)26-12-18(22)21-9-8-13-4-2-3-5-14(13)11-21/h6-7,10,13-14H,2-5,8-9,11-12H2,1H3/t13-,14+/m0/s1. The number of amides is 1. The van der Waals surface area contributed by atoms with Crippen molar-refractivity contribution in [2.45, 2.75) is 37.0 Å². The number of fused-ring (bicyclic) bond motifs is 1. The number of benzene rings is 1. The molecule has 0 bridgehead atoms. The van der Waals surface area contributed by atoms with E-state index in [0.29, 0.717) is 18.4 Å². The number of nitrogens with zero attached hydrogens (tertiary/aromatic N) is 1. The van der Waals surface area contributed by atoms with Gasteiger partial charge in [0.15, 0.2) is 16.4 Å². The van der Waals surface area contributed by atoms with Crippen molar-refractivity contribution in [2.24, 2.45) is 11.8 Å². The van der Waals surface area contributed by atoms with Gasteiger partial charge >= 0.3 is 5.97 Å². The zero-order chi connectivity index (χ0) is 19.6. The number of halogens is 1. The minimum absolute atomic E-state index is 0.0236. The van der Waals surface area contributed by atoms with E-state index in [-0.39, 0.29) is 28.0 Å². The third-order valence-corrected chi connectivity index (χ3v) is 7.00. The summed E-state index contributed by atoms with van der Waals surface area (Å²) in [6.07, 6.45) is 6.95. The van der Waals surface area contributed by atoms with E-state index in [0.717, 1.165) is 25.6 Å². The Morgan fingerprint density at radius 3 is 2.59 bits per heavy atom. The molecule has 0 spiro atoms. The molecule has 0 N–H and O–H groups in total. The van der Waals surface area contributed by atoms with Crippen LogP contribution in [-0.4, -0.2) is 51.1 Å². The Kier molecular flexibility index (Phi) is 6.11. The molecule has 1 heterocycles. The molecule has 1 aliphatic heterocycles. The molecule has 0 aromatic heterocycles. The smallest absolute Gasteiger partial charge is 0.340 e. The summed E-state index contributed by atoms with van der Waals surface area (Å²) in [5.41, 5.74) is -0.0571. The molecule has 2 aliphatic rings. The first kappa shape index (κ1) is 20.1. The molecule has 8 heteroatoms. The quantitative estimate of drug-likeness (QED) is 0.709. The number of likely N-dealkylation sites (tertiary alicyclic amines) is 1. The molecule has 2 fully saturated rings. The maximum Gasteiger partial charge on any atom is 0.340 e. The molecule has 1 saturated heterocycles. The van der Waals surface area contributed by atoms with E-state index in [4.69, 9.17) is 16.3 Å². The predicted molar refractivity (Wildman–Crippen MR) is 101 cm³/mol. The Hall–Kier alpha value is -1.60. The van der Waals surface area contributed by atoms with Crippen molar-refractivity contribution < 1.29 is 22.7 Å². The number of carbonyl (C=O) groups is 2. The average Bonchev–Trinajstić information content (AvgIpc) is 2.64. The minimum atomic E-state index is -3.48. The molecule has 2 atom stereocenters. The normalized spacial score (nSPS) is 22.8. The average molecular weight is 414 g/mol. The fourth-order valence-electron chi connectivity index (χ4n) is 4.02. The topological polar surface area (TPSA) is 80.7 Å². The van der Waals surface area contributed by atoms with E-state index in [9.17, 15) is 18.0 Å². The van der Waals surface area contributed by atoms with E-state index < -0.39 is 15.8 Å². The summed E-state index contributed by atoms with van der Waals surface area (Å²) in [5.74, 6) is 0.241. The first-order valence-corrected chi connectivity index (χ1v) is 11.5. The van der Waals surface area contributed by atoms with Crippen LogP contribution < -0.4 is 0 Å². The highest BCUT2D eigenvalue weighted by Crippen LogP contribution is 2.36. The highest BCUT2D eigenvalue weighted by Gasteiger charge is 2.33. The van der Waals surface area contributed by atoms with Gasteiger partial charge in [0.2, 0.25) is 0 Å². The second-order valence-electron chi connectivity index (χ2n) is 7.42. The minimum Gasteiger partial charge on any atom is -0.452 e. The lowest BCUT2D eigenvalue weighted by Crippen LogP contribution is -2.46. The molecule has 1 saturated carbocycles. The van der Waals surface area contributed by atoms with Crippen LogP contribution in [0.4, 0.5) is 0 Å². The first-order valence-electron chi connectivity index (χ1n) is 9.20. The van der Waals surface area contributed by atoms with Crippen LogP contribution in [0.2, 0.25) is 5.02 Å². The van der Waals surface area contributed by atoms with Gasteiger partial charge in [0.25, 0.3) is 5.91 Å². The lowest BCUT2D eigenvalue weighted by molar-refractivity contribution is -0.137. The third-order valence-electron chi connectivity index (χ3n) is 5.56. The summed E-state index contributed by atoms with van der Waals surface area (Å²) in [6.45, 7) is 1.06. The third kappa shape index (κ3) is 4.82. The van der Waals surface area contributed by atoms with E-state index in [1.807, 2.05) is 0 Å². The van der Waals surface area contributed by atoms with Crippen molar-refractivity contribution >= 4 is 33.3 Å². The first-order chi connectivity index (χ1) is 12.8. The van der Waals surface area contributed by atoms with Gasteiger partial charge in [0.1, 0.15) is 0 Å². The Morgan fingerprint density at radius 1 is 1.19 bits per heavy atom. The molecule has 27 heavy (non-hydrogen) atoms. The molecule has 0 unspecified atom stereocenters. The van der Waals surface area contributed by atoms with Gasteiger partial charge in [-0.3, -0.25) is 4.79 Å². The van der Waals surface area contributed by atoms with Crippen molar-refractivity contribution in [3.05, 3.63) is 28.8 Å². The number of piperidine rings is 1. The van der Waals surface area contributed by atoms with Crippen LogP contribution >= 0.6 is 11.6 Å². The van der Waals surface area contributed by atoms with Gasteiger partial charge in [-0.15, -0.1) is 0 Å². The summed E-state index contributed by atoms with van der Waals surface area (Å²) in [7, 11) is -3.48. The van der Waals surface area contributed by atoms with Crippen LogP contribution in [0.5, 0.6) is 0 Å². The fraction of sp³-hybridized carbons (Fsp3) is 0.579. The number of hydrogen-bond acceptors (Lipinski definition) is 5. The number of ether oxygens (including phenoxy) is 1. The van der Waals surface area contributed by atoms with E-state index in [1.54, 1.807) is 4.90 Å². The lowest BCUT2D eigenvalue weighted by Gasteiger charge is -2.41. The van der Waals surface area contributed by atoms with Gasteiger partial charge in [-0.2, -0.15) is 0 Å². The van der Waals surface area contributed by atoms with Gasteiger partial charge in [0.05, 0.1) is 15.5 Å². The van der Waals surface area contributed by atoms with Crippen LogP contribution in [-0.2, 0) is 19.4 Å². The van der Waals surface area contributed by atoms with Gasteiger partial charge < -0.3 is 9.64 Å². The van der Waals surface area contributed by atoms with Crippen molar-refractivity contribution in [1.82, 2.24) is 4.90 Å². The Labute approximate surface area is 164 Å². The predicted octanol–water partition coefficient (Wildman–Crippen LogP) is 2.94. The molecule has 3 rings (SSSR count). The molecule has 6 nitrogen and oxygen atoms in total. The number of rotatable bonds is 4. The highest BCUT2D eigenvalue weighted by atomic mass is 35.5. The lowest BCUT2D eigenvalue weighted by atomic mass is 9.75. The fourth-order valence-corrected chi connectivity index (χ4v) is 4.86. The van der Waals surface area contributed by atoms with Crippen molar-refractivity contribution in [1.29, 1.82) is 0 Å². The van der Waals surface area contributed by atoms with Crippen molar-refractivity contribution in [2.75, 3.05) is 26.0 Å². The molecule has 1 aromatic rings. The molecule has 1 amide bonds. The van der Waals surface area contributed by atoms with Gasteiger partial charge in [-0.25, -0.2) is 13.2 Å². The maximum absolute atomic E-state index is 12.4. The van der Waals surface area contributed by atoms with Gasteiger partial charge in [0, 0.05) is 19.3 Å². The van der Waals surface area contributed by atoms with Crippen molar-refractivity contribution in [3.8, 4) is 0 Å². The highest BCUT2D eigenvalue weighted by molar-refractivity contribution is 7.90.